The Hall–Kier alpha value is -0.740. The molecular weight excluding hydrogens is 258 g/mol. The van der Waals surface area contributed by atoms with E-state index < -0.39 is 0 Å². The number of aromatic hydroxyl groups is 1. The second-order valence-electron chi connectivity index (χ2n) is 3.63. The number of ether oxygens (including phenoxy) is 1. The Bertz CT molecular complexity index is 379. The SMILES string of the molecule is CNCCc1cc2c(c(Br)c1O)CCO2. The Kier molecular flexibility index (Phi) is 3.17. The molecule has 0 radical (unpaired) electrons. The van der Waals surface area contributed by atoms with Gasteiger partial charge >= 0.3 is 0 Å². The molecule has 3 nitrogen and oxygen atoms in total. The molecule has 15 heavy (non-hydrogen) atoms. The minimum absolute atomic E-state index is 0.356. The van der Waals surface area contributed by atoms with Crippen molar-refractivity contribution < 1.29 is 9.84 Å². The first kappa shape index (κ1) is 10.8. The Labute approximate surface area is 97.6 Å². The molecule has 0 saturated heterocycles. The number of fused-ring (bicyclic) bond motifs is 1. The summed E-state index contributed by atoms with van der Waals surface area (Å²) in [7, 11) is 1.90. The van der Waals surface area contributed by atoms with Gasteiger partial charge in [0.1, 0.15) is 11.5 Å². The first-order valence-corrected chi connectivity index (χ1v) is 5.84. The van der Waals surface area contributed by atoms with Crippen molar-refractivity contribution in [2.24, 2.45) is 0 Å². The summed E-state index contributed by atoms with van der Waals surface area (Å²) >= 11 is 3.42. The standard InChI is InChI=1S/C11H14BrNO2/c1-13-4-2-7-6-9-8(3-5-15-9)10(12)11(7)14/h6,13-14H,2-5H2,1H3. The first-order chi connectivity index (χ1) is 7.24. The summed E-state index contributed by atoms with van der Waals surface area (Å²) in [4.78, 5) is 0. The van der Waals surface area contributed by atoms with E-state index in [9.17, 15) is 5.11 Å². The van der Waals surface area contributed by atoms with Crippen molar-refractivity contribution >= 4 is 15.9 Å². The Morgan fingerprint density at radius 1 is 1.60 bits per heavy atom. The van der Waals surface area contributed by atoms with Crippen molar-refractivity contribution in [2.45, 2.75) is 12.8 Å². The topological polar surface area (TPSA) is 41.5 Å². The number of hydrogen-bond donors (Lipinski definition) is 2. The lowest BCUT2D eigenvalue weighted by Gasteiger charge is -2.10. The molecule has 0 fully saturated rings. The van der Waals surface area contributed by atoms with E-state index in [1.165, 1.54) is 0 Å². The fraction of sp³-hybridized carbons (Fsp3) is 0.455. The van der Waals surface area contributed by atoms with Crippen molar-refractivity contribution in [3.05, 3.63) is 21.7 Å². The van der Waals surface area contributed by atoms with Gasteiger partial charge in [-0.25, -0.2) is 0 Å². The van der Waals surface area contributed by atoms with Gasteiger partial charge in [0.25, 0.3) is 0 Å². The Morgan fingerprint density at radius 3 is 3.13 bits per heavy atom. The third kappa shape index (κ3) is 1.96. The number of likely N-dealkylation sites (N-methyl/N-ethyl adjacent to an activating group) is 1. The lowest BCUT2D eigenvalue weighted by Crippen LogP contribution is -2.10. The van der Waals surface area contributed by atoms with Crippen LogP contribution in [0.2, 0.25) is 0 Å². The highest BCUT2D eigenvalue weighted by molar-refractivity contribution is 9.10. The Morgan fingerprint density at radius 2 is 2.40 bits per heavy atom. The summed E-state index contributed by atoms with van der Waals surface area (Å²) in [6.45, 7) is 1.56. The molecule has 0 unspecified atom stereocenters. The van der Waals surface area contributed by atoms with Crippen LogP contribution in [-0.2, 0) is 12.8 Å². The molecule has 1 aliphatic rings. The molecule has 0 atom stereocenters. The van der Waals surface area contributed by atoms with E-state index in [4.69, 9.17) is 4.74 Å². The van der Waals surface area contributed by atoms with Crippen molar-refractivity contribution in [1.29, 1.82) is 0 Å². The van der Waals surface area contributed by atoms with Crippen LogP contribution >= 0.6 is 15.9 Å². The molecule has 0 saturated carbocycles. The molecule has 2 N–H and O–H groups in total. The summed E-state index contributed by atoms with van der Waals surface area (Å²) in [5.74, 6) is 1.26. The third-order valence-corrected chi connectivity index (χ3v) is 3.49. The quantitative estimate of drug-likeness (QED) is 0.882. The van der Waals surface area contributed by atoms with Gasteiger partial charge in [0.05, 0.1) is 11.1 Å². The minimum atomic E-state index is 0.356. The van der Waals surface area contributed by atoms with Crippen LogP contribution in [0.1, 0.15) is 11.1 Å². The number of phenols is 1. The number of benzene rings is 1. The van der Waals surface area contributed by atoms with Crippen molar-refractivity contribution in [2.75, 3.05) is 20.2 Å². The normalized spacial score (nSPS) is 13.7. The van der Waals surface area contributed by atoms with Crippen LogP contribution in [0.4, 0.5) is 0 Å². The summed E-state index contributed by atoms with van der Waals surface area (Å²) in [6, 6.07) is 1.94. The smallest absolute Gasteiger partial charge is 0.133 e. The molecular formula is C11H14BrNO2. The monoisotopic (exact) mass is 271 g/mol. The molecule has 0 aromatic heterocycles. The average molecular weight is 272 g/mol. The first-order valence-electron chi connectivity index (χ1n) is 5.04. The second-order valence-corrected chi connectivity index (χ2v) is 4.42. The second kappa shape index (κ2) is 4.41. The summed E-state index contributed by atoms with van der Waals surface area (Å²) < 4.78 is 6.29. The van der Waals surface area contributed by atoms with Crippen molar-refractivity contribution in [3.8, 4) is 11.5 Å². The molecule has 0 amide bonds. The maximum atomic E-state index is 9.96. The highest BCUT2D eigenvalue weighted by Crippen LogP contribution is 2.40. The fourth-order valence-corrected chi connectivity index (χ4v) is 2.43. The van der Waals surface area contributed by atoms with Crippen LogP contribution in [-0.4, -0.2) is 25.3 Å². The predicted octanol–water partition coefficient (Wildman–Crippen LogP) is 1.85. The number of rotatable bonds is 3. The largest absolute Gasteiger partial charge is 0.506 e. The molecule has 1 aliphatic heterocycles. The zero-order valence-electron chi connectivity index (χ0n) is 8.64. The maximum Gasteiger partial charge on any atom is 0.133 e. The molecule has 4 heteroatoms. The lowest BCUT2D eigenvalue weighted by atomic mass is 10.1. The van der Waals surface area contributed by atoms with Crippen LogP contribution < -0.4 is 10.1 Å². The zero-order chi connectivity index (χ0) is 10.8. The van der Waals surface area contributed by atoms with Gasteiger partial charge in [-0.15, -0.1) is 0 Å². The number of halogens is 1. The molecule has 1 heterocycles. The Balaban J connectivity index is 2.36. The highest BCUT2D eigenvalue weighted by atomic mass is 79.9. The highest BCUT2D eigenvalue weighted by Gasteiger charge is 2.20. The molecule has 1 aromatic carbocycles. The summed E-state index contributed by atoms with van der Waals surface area (Å²) in [5, 5.41) is 13.0. The van der Waals surface area contributed by atoms with Gasteiger partial charge in [0.15, 0.2) is 0 Å². The number of nitrogens with one attached hydrogen (secondary N) is 1. The third-order valence-electron chi connectivity index (χ3n) is 2.63. The van der Waals surface area contributed by atoms with E-state index in [1.54, 1.807) is 0 Å². The summed E-state index contributed by atoms with van der Waals surface area (Å²) in [5.41, 5.74) is 2.01. The maximum absolute atomic E-state index is 9.96. The van der Waals surface area contributed by atoms with Crippen LogP contribution in [0, 0.1) is 0 Å². The molecule has 1 aromatic rings. The zero-order valence-corrected chi connectivity index (χ0v) is 10.2. The lowest BCUT2D eigenvalue weighted by molar-refractivity contribution is 0.356. The van der Waals surface area contributed by atoms with Crippen molar-refractivity contribution in [3.63, 3.8) is 0 Å². The van der Waals surface area contributed by atoms with Gasteiger partial charge in [-0.1, -0.05) is 0 Å². The van der Waals surface area contributed by atoms with Crippen LogP contribution in [0.15, 0.2) is 10.5 Å². The fourth-order valence-electron chi connectivity index (χ4n) is 1.78. The van der Waals surface area contributed by atoms with Gasteiger partial charge in [0, 0.05) is 12.0 Å². The number of hydrogen-bond acceptors (Lipinski definition) is 3. The van der Waals surface area contributed by atoms with Crippen LogP contribution in [0.25, 0.3) is 0 Å². The van der Waals surface area contributed by atoms with Gasteiger partial charge < -0.3 is 15.2 Å². The van der Waals surface area contributed by atoms with Gasteiger partial charge in [-0.05, 0) is 47.6 Å². The van der Waals surface area contributed by atoms with Gasteiger partial charge in [-0.3, -0.25) is 0 Å². The van der Waals surface area contributed by atoms with Crippen LogP contribution in [0.3, 0.4) is 0 Å². The number of phenolic OH excluding ortho intramolecular Hbond substituents is 1. The van der Waals surface area contributed by atoms with E-state index in [-0.39, 0.29) is 0 Å². The molecule has 82 valence electrons. The molecule has 0 spiro atoms. The molecule has 2 rings (SSSR count). The van der Waals surface area contributed by atoms with Crippen molar-refractivity contribution in [1.82, 2.24) is 5.32 Å². The molecule has 0 bridgehead atoms. The van der Waals surface area contributed by atoms with E-state index in [0.717, 1.165) is 40.7 Å². The van der Waals surface area contributed by atoms with E-state index >= 15 is 0 Å². The van der Waals surface area contributed by atoms with Gasteiger partial charge in [0.2, 0.25) is 0 Å². The summed E-state index contributed by atoms with van der Waals surface area (Å²) in [6.07, 6.45) is 1.67. The van der Waals surface area contributed by atoms with E-state index in [0.29, 0.717) is 12.4 Å². The predicted molar refractivity (Wildman–Crippen MR) is 62.6 cm³/mol. The van der Waals surface area contributed by atoms with Gasteiger partial charge in [-0.2, -0.15) is 0 Å². The van der Waals surface area contributed by atoms with E-state index in [1.807, 2.05) is 13.1 Å². The van der Waals surface area contributed by atoms with Crippen LogP contribution in [0.5, 0.6) is 11.5 Å². The van der Waals surface area contributed by atoms with E-state index in [2.05, 4.69) is 21.2 Å². The molecule has 0 aliphatic carbocycles. The average Bonchev–Trinajstić information content (AvgIpc) is 2.69. The minimum Gasteiger partial charge on any atom is -0.506 e.